The maximum atomic E-state index is 5.16. The lowest BCUT2D eigenvalue weighted by atomic mass is 9.93. The minimum atomic E-state index is 0.541. The van der Waals surface area contributed by atoms with Gasteiger partial charge in [-0.1, -0.05) is 43.7 Å². The molecular formula is C16H27NO. The second-order valence-electron chi connectivity index (χ2n) is 5.31. The van der Waals surface area contributed by atoms with Crippen molar-refractivity contribution in [3.63, 3.8) is 0 Å². The molecule has 0 saturated heterocycles. The van der Waals surface area contributed by atoms with Crippen molar-refractivity contribution in [3.8, 4) is 0 Å². The van der Waals surface area contributed by atoms with Crippen LogP contribution < -0.4 is 5.32 Å². The molecular weight excluding hydrogens is 222 g/mol. The van der Waals surface area contributed by atoms with Crippen LogP contribution in [0, 0.1) is 6.92 Å². The van der Waals surface area contributed by atoms with E-state index in [4.69, 9.17) is 4.74 Å². The van der Waals surface area contributed by atoms with Gasteiger partial charge < -0.3 is 10.1 Å². The molecule has 18 heavy (non-hydrogen) atoms. The van der Waals surface area contributed by atoms with Crippen molar-refractivity contribution in [1.82, 2.24) is 5.32 Å². The van der Waals surface area contributed by atoms with Crippen molar-refractivity contribution in [2.24, 2.45) is 0 Å². The first kappa shape index (κ1) is 15.2. The largest absolute Gasteiger partial charge is 0.385 e. The van der Waals surface area contributed by atoms with Crippen LogP contribution in [-0.4, -0.2) is 26.3 Å². The van der Waals surface area contributed by atoms with Gasteiger partial charge in [0.2, 0.25) is 0 Å². The molecule has 1 aromatic rings. The number of hydrogen-bond donors (Lipinski definition) is 1. The molecule has 0 aliphatic carbocycles. The monoisotopic (exact) mass is 249 g/mol. The molecule has 0 spiro atoms. The zero-order chi connectivity index (χ0) is 13.4. The summed E-state index contributed by atoms with van der Waals surface area (Å²) in [6.07, 6.45) is 2.30. The van der Waals surface area contributed by atoms with E-state index < -0.39 is 0 Å². The Morgan fingerprint density at radius 3 is 2.67 bits per heavy atom. The van der Waals surface area contributed by atoms with E-state index in [0.717, 1.165) is 19.6 Å². The quantitative estimate of drug-likeness (QED) is 0.712. The molecule has 0 fully saturated rings. The summed E-state index contributed by atoms with van der Waals surface area (Å²) in [7, 11) is 1.77. The van der Waals surface area contributed by atoms with E-state index in [9.17, 15) is 0 Å². The highest BCUT2D eigenvalue weighted by Gasteiger charge is 2.11. The van der Waals surface area contributed by atoms with E-state index in [1.807, 2.05) is 0 Å². The Hall–Kier alpha value is -0.860. The number of ether oxygens (including phenoxy) is 1. The van der Waals surface area contributed by atoms with E-state index >= 15 is 0 Å². The molecule has 0 heterocycles. The van der Waals surface area contributed by atoms with E-state index in [1.165, 1.54) is 17.5 Å². The second kappa shape index (κ2) is 8.28. The molecule has 1 atom stereocenters. The smallest absolute Gasteiger partial charge is 0.0462 e. The van der Waals surface area contributed by atoms with Gasteiger partial charge in [0.1, 0.15) is 0 Å². The van der Waals surface area contributed by atoms with E-state index in [2.05, 4.69) is 50.4 Å². The van der Waals surface area contributed by atoms with Gasteiger partial charge in [-0.2, -0.15) is 0 Å². The van der Waals surface area contributed by atoms with Gasteiger partial charge in [0.15, 0.2) is 0 Å². The summed E-state index contributed by atoms with van der Waals surface area (Å²) in [6.45, 7) is 8.45. The lowest BCUT2D eigenvalue weighted by Gasteiger charge is -2.20. The van der Waals surface area contributed by atoms with Gasteiger partial charge in [-0.05, 0) is 31.2 Å². The van der Waals surface area contributed by atoms with Gasteiger partial charge in [0.05, 0.1) is 0 Å². The third kappa shape index (κ3) is 5.65. The van der Waals surface area contributed by atoms with Gasteiger partial charge >= 0.3 is 0 Å². The Morgan fingerprint density at radius 1 is 1.28 bits per heavy atom. The average molecular weight is 249 g/mol. The average Bonchev–Trinajstić information content (AvgIpc) is 2.33. The van der Waals surface area contributed by atoms with Crippen molar-refractivity contribution < 1.29 is 4.74 Å². The van der Waals surface area contributed by atoms with Crippen LogP contribution in [0.1, 0.15) is 43.7 Å². The first-order valence-corrected chi connectivity index (χ1v) is 6.92. The summed E-state index contributed by atoms with van der Waals surface area (Å²) < 4.78 is 5.16. The summed E-state index contributed by atoms with van der Waals surface area (Å²) in [6, 6.07) is 9.40. The minimum Gasteiger partial charge on any atom is -0.385 e. The fourth-order valence-electron chi connectivity index (χ4n) is 2.16. The molecule has 0 saturated carbocycles. The van der Waals surface area contributed by atoms with Crippen LogP contribution >= 0.6 is 0 Å². The highest BCUT2D eigenvalue weighted by Crippen LogP contribution is 2.21. The summed E-state index contributed by atoms with van der Waals surface area (Å²) in [5.41, 5.74) is 2.79. The first-order chi connectivity index (χ1) is 8.63. The molecule has 102 valence electrons. The van der Waals surface area contributed by atoms with Crippen LogP contribution in [-0.2, 0) is 4.74 Å². The Balaban J connectivity index is 2.63. The summed E-state index contributed by atoms with van der Waals surface area (Å²) in [5, 5.41) is 3.55. The van der Waals surface area contributed by atoms with Crippen molar-refractivity contribution in [2.75, 3.05) is 20.3 Å². The van der Waals surface area contributed by atoms with Crippen LogP contribution in [0.3, 0.4) is 0 Å². The van der Waals surface area contributed by atoms with E-state index in [-0.39, 0.29) is 0 Å². The number of rotatable bonds is 8. The topological polar surface area (TPSA) is 21.3 Å². The first-order valence-electron chi connectivity index (χ1n) is 6.92. The fraction of sp³-hybridized carbons (Fsp3) is 0.625. The van der Waals surface area contributed by atoms with Crippen LogP contribution in [0.25, 0.3) is 0 Å². The zero-order valence-electron chi connectivity index (χ0n) is 12.2. The molecule has 0 bridgehead atoms. The molecule has 1 rings (SSSR count). The van der Waals surface area contributed by atoms with E-state index in [0.29, 0.717) is 12.0 Å². The Kier molecular flexibility index (Phi) is 6.99. The fourth-order valence-corrected chi connectivity index (χ4v) is 2.16. The lowest BCUT2D eigenvalue weighted by Crippen LogP contribution is -2.28. The SMILES string of the molecule is COCCCC(CNC(C)C)c1cccc(C)c1. The summed E-state index contributed by atoms with van der Waals surface area (Å²) in [4.78, 5) is 0. The van der Waals surface area contributed by atoms with Crippen molar-refractivity contribution in [3.05, 3.63) is 35.4 Å². The summed E-state index contributed by atoms with van der Waals surface area (Å²) >= 11 is 0. The van der Waals surface area contributed by atoms with Gasteiger partial charge in [-0.15, -0.1) is 0 Å². The molecule has 0 aliphatic heterocycles. The molecule has 0 amide bonds. The molecule has 0 aliphatic rings. The Labute approximate surface area is 112 Å². The van der Waals surface area contributed by atoms with Crippen molar-refractivity contribution in [2.45, 2.75) is 45.6 Å². The van der Waals surface area contributed by atoms with Gasteiger partial charge in [-0.3, -0.25) is 0 Å². The predicted molar refractivity (Wildman–Crippen MR) is 78.2 cm³/mol. The van der Waals surface area contributed by atoms with Crippen LogP contribution in [0.5, 0.6) is 0 Å². The number of nitrogens with one attached hydrogen (secondary N) is 1. The molecule has 2 heteroatoms. The third-order valence-electron chi connectivity index (χ3n) is 3.19. The minimum absolute atomic E-state index is 0.541. The molecule has 1 unspecified atom stereocenters. The number of aryl methyl sites for hydroxylation is 1. The molecule has 0 radical (unpaired) electrons. The molecule has 1 N–H and O–H groups in total. The second-order valence-corrected chi connectivity index (χ2v) is 5.31. The van der Waals surface area contributed by atoms with Crippen LogP contribution in [0.15, 0.2) is 24.3 Å². The summed E-state index contributed by atoms with van der Waals surface area (Å²) in [5.74, 6) is 0.586. The van der Waals surface area contributed by atoms with Crippen molar-refractivity contribution in [1.29, 1.82) is 0 Å². The number of benzene rings is 1. The van der Waals surface area contributed by atoms with Gasteiger partial charge in [0.25, 0.3) is 0 Å². The predicted octanol–water partition coefficient (Wildman–Crippen LogP) is 3.50. The van der Waals surface area contributed by atoms with Gasteiger partial charge in [-0.25, -0.2) is 0 Å². The number of methoxy groups -OCH3 is 1. The van der Waals surface area contributed by atoms with E-state index in [1.54, 1.807) is 7.11 Å². The van der Waals surface area contributed by atoms with Crippen LogP contribution in [0.4, 0.5) is 0 Å². The van der Waals surface area contributed by atoms with Gasteiger partial charge in [0, 0.05) is 26.3 Å². The Morgan fingerprint density at radius 2 is 2.06 bits per heavy atom. The zero-order valence-corrected chi connectivity index (χ0v) is 12.2. The molecule has 0 aromatic heterocycles. The third-order valence-corrected chi connectivity index (χ3v) is 3.19. The highest BCUT2D eigenvalue weighted by molar-refractivity contribution is 5.25. The maximum Gasteiger partial charge on any atom is 0.0462 e. The normalized spacial score (nSPS) is 12.9. The highest BCUT2D eigenvalue weighted by atomic mass is 16.5. The van der Waals surface area contributed by atoms with Crippen molar-refractivity contribution >= 4 is 0 Å². The lowest BCUT2D eigenvalue weighted by molar-refractivity contribution is 0.190. The molecule has 2 nitrogen and oxygen atoms in total. The number of hydrogen-bond acceptors (Lipinski definition) is 2. The standard InChI is InChI=1S/C16H27NO/c1-13(2)17-12-16(9-6-10-18-4)15-8-5-7-14(3)11-15/h5,7-8,11,13,16-17H,6,9-10,12H2,1-4H3. The Bertz CT molecular complexity index is 336. The maximum absolute atomic E-state index is 5.16. The van der Waals surface area contributed by atoms with Crippen LogP contribution in [0.2, 0.25) is 0 Å². The molecule has 1 aromatic carbocycles.